The Bertz CT molecular complexity index is 1090. The van der Waals surface area contributed by atoms with Crippen molar-refractivity contribution >= 4 is 27.7 Å². The van der Waals surface area contributed by atoms with Crippen LogP contribution in [-0.4, -0.2) is 28.3 Å². The first kappa shape index (κ1) is 25.7. The summed E-state index contributed by atoms with van der Waals surface area (Å²) in [6.45, 7) is 8.25. The Morgan fingerprint density at radius 1 is 0.853 bits per heavy atom. The Hall–Kier alpha value is -2.92. The van der Waals surface area contributed by atoms with Crippen LogP contribution in [0.1, 0.15) is 43.0 Å². The van der Waals surface area contributed by atoms with Crippen LogP contribution in [0.2, 0.25) is 0 Å². The SMILES string of the molecule is Cc1ccc(CC(=O)N(Cc2ccc(Br)cc2)C(Cc2ccccc2)C(=O)NC(C)(C)C)cc1. The number of hydrogen-bond acceptors (Lipinski definition) is 2. The fourth-order valence-corrected chi connectivity index (χ4v) is 4.04. The van der Waals surface area contributed by atoms with Gasteiger partial charge in [0.2, 0.25) is 11.8 Å². The van der Waals surface area contributed by atoms with Crippen LogP contribution < -0.4 is 5.32 Å². The van der Waals surface area contributed by atoms with E-state index in [1.807, 2.05) is 107 Å². The van der Waals surface area contributed by atoms with Crippen molar-refractivity contribution in [2.75, 3.05) is 0 Å². The van der Waals surface area contributed by atoms with Gasteiger partial charge in [-0.2, -0.15) is 0 Å². The van der Waals surface area contributed by atoms with E-state index in [9.17, 15) is 9.59 Å². The molecule has 0 radical (unpaired) electrons. The molecule has 3 rings (SSSR count). The van der Waals surface area contributed by atoms with Gasteiger partial charge >= 0.3 is 0 Å². The number of nitrogens with one attached hydrogen (secondary N) is 1. The second-order valence-electron chi connectivity index (χ2n) is 9.76. The smallest absolute Gasteiger partial charge is 0.243 e. The lowest BCUT2D eigenvalue weighted by Gasteiger charge is -2.34. The number of amides is 2. The highest BCUT2D eigenvalue weighted by Gasteiger charge is 2.32. The zero-order valence-corrected chi connectivity index (χ0v) is 21.9. The predicted molar refractivity (Wildman–Crippen MR) is 141 cm³/mol. The van der Waals surface area contributed by atoms with E-state index < -0.39 is 11.6 Å². The first-order valence-corrected chi connectivity index (χ1v) is 12.4. The third-order valence-corrected chi connectivity index (χ3v) is 6.04. The Morgan fingerprint density at radius 3 is 2.03 bits per heavy atom. The molecule has 4 nitrogen and oxygen atoms in total. The van der Waals surface area contributed by atoms with Gasteiger partial charge in [0, 0.05) is 23.0 Å². The summed E-state index contributed by atoms with van der Waals surface area (Å²) in [5, 5.41) is 3.10. The summed E-state index contributed by atoms with van der Waals surface area (Å²) in [7, 11) is 0. The van der Waals surface area contributed by atoms with E-state index in [1.165, 1.54) is 0 Å². The zero-order valence-electron chi connectivity index (χ0n) is 20.3. The fourth-order valence-electron chi connectivity index (χ4n) is 3.78. The standard InChI is InChI=1S/C29H33BrN2O2/c1-21-10-12-23(13-11-21)19-27(33)32(20-24-14-16-25(30)17-15-24)26(28(34)31-29(2,3)4)18-22-8-6-5-7-9-22/h5-17,26H,18-20H2,1-4H3,(H,31,34). The van der Waals surface area contributed by atoms with Gasteiger partial charge in [0.05, 0.1) is 6.42 Å². The van der Waals surface area contributed by atoms with Gasteiger partial charge in [0.25, 0.3) is 0 Å². The number of benzene rings is 3. The van der Waals surface area contributed by atoms with Crippen molar-refractivity contribution in [3.05, 3.63) is 106 Å². The molecular formula is C29H33BrN2O2. The van der Waals surface area contributed by atoms with Crippen LogP contribution in [0.5, 0.6) is 0 Å². The molecule has 5 heteroatoms. The van der Waals surface area contributed by atoms with Crippen molar-refractivity contribution in [2.24, 2.45) is 0 Å². The van der Waals surface area contributed by atoms with Crippen LogP contribution in [0.15, 0.2) is 83.3 Å². The summed E-state index contributed by atoms with van der Waals surface area (Å²) >= 11 is 3.48. The van der Waals surface area contributed by atoms with E-state index in [2.05, 4.69) is 21.2 Å². The molecule has 3 aromatic carbocycles. The van der Waals surface area contributed by atoms with Crippen molar-refractivity contribution in [3.8, 4) is 0 Å². The van der Waals surface area contributed by atoms with Crippen LogP contribution in [0, 0.1) is 6.92 Å². The Balaban J connectivity index is 1.97. The highest BCUT2D eigenvalue weighted by atomic mass is 79.9. The molecule has 0 saturated heterocycles. The van der Waals surface area contributed by atoms with Gasteiger partial charge in [0.1, 0.15) is 6.04 Å². The molecule has 0 fully saturated rings. The van der Waals surface area contributed by atoms with E-state index in [0.29, 0.717) is 13.0 Å². The lowest BCUT2D eigenvalue weighted by atomic mass is 9.99. The Labute approximate surface area is 211 Å². The maximum atomic E-state index is 13.7. The van der Waals surface area contributed by atoms with Gasteiger partial charge < -0.3 is 10.2 Å². The minimum Gasteiger partial charge on any atom is -0.350 e. The molecule has 0 saturated carbocycles. The number of carbonyl (C=O) groups excluding carboxylic acids is 2. The van der Waals surface area contributed by atoms with Crippen LogP contribution >= 0.6 is 15.9 Å². The van der Waals surface area contributed by atoms with Crippen LogP contribution in [0.25, 0.3) is 0 Å². The van der Waals surface area contributed by atoms with E-state index in [0.717, 1.165) is 26.7 Å². The highest BCUT2D eigenvalue weighted by molar-refractivity contribution is 9.10. The summed E-state index contributed by atoms with van der Waals surface area (Å²) < 4.78 is 0.972. The molecule has 34 heavy (non-hydrogen) atoms. The number of rotatable bonds is 8. The molecule has 1 atom stereocenters. The zero-order chi connectivity index (χ0) is 24.7. The maximum Gasteiger partial charge on any atom is 0.243 e. The quantitative estimate of drug-likeness (QED) is 0.404. The topological polar surface area (TPSA) is 49.4 Å². The second kappa shape index (κ2) is 11.5. The van der Waals surface area contributed by atoms with Gasteiger partial charge in [-0.3, -0.25) is 9.59 Å². The van der Waals surface area contributed by atoms with Gasteiger partial charge in [-0.15, -0.1) is 0 Å². The maximum absolute atomic E-state index is 13.7. The molecule has 3 aromatic rings. The molecule has 0 aliphatic heterocycles. The lowest BCUT2D eigenvalue weighted by molar-refractivity contribution is -0.141. The van der Waals surface area contributed by atoms with Crippen molar-refractivity contribution < 1.29 is 9.59 Å². The van der Waals surface area contributed by atoms with Gasteiger partial charge in [-0.25, -0.2) is 0 Å². The number of nitrogens with zero attached hydrogens (tertiary/aromatic N) is 1. The van der Waals surface area contributed by atoms with E-state index in [1.54, 1.807) is 4.90 Å². The molecule has 1 N–H and O–H groups in total. The second-order valence-corrected chi connectivity index (χ2v) is 10.7. The molecule has 0 aliphatic carbocycles. The summed E-state index contributed by atoms with van der Waals surface area (Å²) in [6.07, 6.45) is 0.684. The van der Waals surface area contributed by atoms with Crippen LogP contribution in [-0.2, 0) is 29.0 Å². The highest BCUT2D eigenvalue weighted by Crippen LogP contribution is 2.19. The monoisotopic (exact) mass is 520 g/mol. The van der Waals surface area contributed by atoms with Crippen molar-refractivity contribution in [1.82, 2.24) is 10.2 Å². The third-order valence-electron chi connectivity index (χ3n) is 5.51. The van der Waals surface area contributed by atoms with E-state index in [-0.39, 0.29) is 18.2 Å². The first-order valence-electron chi connectivity index (χ1n) is 11.6. The summed E-state index contributed by atoms with van der Waals surface area (Å²) in [5.41, 5.74) is 3.66. The largest absolute Gasteiger partial charge is 0.350 e. The van der Waals surface area contributed by atoms with Gasteiger partial charge in [0.15, 0.2) is 0 Å². The van der Waals surface area contributed by atoms with E-state index >= 15 is 0 Å². The van der Waals surface area contributed by atoms with E-state index in [4.69, 9.17) is 0 Å². The summed E-state index contributed by atoms with van der Waals surface area (Å²) in [6, 6.07) is 25.1. The molecule has 178 valence electrons. The fraction of sp³-hybridized carbons (Fsp3) is 0.310. The molecule has 0 aliphatic rings. The van der Waals surface area contributed by atoms with Crippen LogP contribution in [0.3, 0.4) is 0 Å². The summed E-state index contributed by atoms with van der Waals surface area (Å²) in [5.74, 6) is -0.220. The molecule has 0 aromatic heterocycles. The van der Waals surface area contributed by atoms with Crippen molar-refractivity contribution in [2.45, 2.75) is 58.7 Å². The molecule has 1 unspecified atom stereocenters. The predicted octanol–water partition coefficient (Wildman–Crippen LogP) is 5.85. The van der Waals surface area contributed by atoms with Crippen LogP contribution in [0.4, 0.5) is 0 Å². The molecular weight excluding hydrogens is 488 g/mol. The average molecular weight is 521 g/mol. The first-order chi connectivity index (χ1) is 16.1. The van der Waals surface area contributed by atoms with Crippen molar-refractivity contribution in [3.63, 3.8) is 0 Å². The lowest BCUT2D eigenvalue weighted by Crippen LogP contribution is -2.54. The number of hydrogen-bond donors (Lipinski definition) is 1. The van der Waals surface area contributed by atoms with Crippen molar-refractivity contribution in [1.29, 1.82) is 0 Å². The average Bonchev–Trinajstić information content (AvgIpc) is 2.78. The molecule has 2 amide bonds. The Kier molecular flexibility index (Phi) is 8.67. The summed E-state index contributed by atoms with van der Waals surface area (Å²) in [4.78, 5) is 29.0. The van der Waals surface area contributed by atoms with Gasteiger partial charge in [-0.05, 0) is 56.5 Å². The normalized spacial score (nSPS) is 12.1. The van der Waals surface area contributed by atoms with Gasteiger partial charge in [-0.1, -0.05) is 88.2 Å². The number of carbonyl (C=O) groups is 2. The third kappa shape index (κ3) is 7.84. The minimum atomic E-state index is -0.636. The molecule has 0 bridgehead atoms. The number of aryl methyl sites for hydroxylation is 1. The molecule has 0 spiro atoms. The number of halogens is 1. The minimum absolute atomic E-state index is 0.0724. The molecule has 0 heterocycles. The Morgan fingerprint density at radius 2 is 1.44 bits per heavy atom.